The maximum Gasteiger partial charge on any atom is 0.119 e. The Bertz CT molecular complexity index is 393. The molecule has 106 valence electrons. The summed E-state index contributed by atoms with van der Waals surface area (Å²) in [5.74, 6) is 1.46. The average Bonchev–Trinajstić information content (AvgIpc) is 2.42. The molecule has 1 N–H and O–H groups in total. The van der Waals surface area contributed by atoms with Crippen molar-refractivity contribution in [1.82, 2.24) is 10.2 Å². The van der Waals surface area contributed by atoms with Gasteiger partial charge in [-0.25, -0.2) is 0 Å². The lowest BCUT2D eigenvalue weighted by molar-refractivity contribution is 0.290. The fraction of sp³-hybridized carbons (Fsp3) is 0.467. The molecule has 0 radical (unpaired) electrons. The van der Waals surface area contributed by atoms with Crippen molar-refractivity contribution in [2.45, 2.75) is 6.04 Å². The van der Waals surface area contributed by atoms with Crippen LogP contribution in [0.3, 0.4) is 0 Å². The fourth-order valence-electron chi connectivity index (χ4n) is 1.90. The number of rotatable bonds is 8. The molecule has 3 nitrogen and oxygen atoms in total. The quantitative estimate of drug-likeness (QED) is 0.451. The summed E-state index contributed by atoms with van der Waals surface area (Å²) in [5.41, 5.74) is 1.25. The SMILES string of the molecule is COc1cccc(C(CNC/C=C/CCl)N(C)C)c1. The Morgan fingerprint density at radius 1 is 1.37 bits per heavy atom. The Labute approximate surface area is 121 Å². The number of hydrogen-bond acceptors (Lipinski definition) is 3. The number of allylic oxidation sites excluding steroid dienone is 1. The van der Waals surface area contributed by atoms with E-state index in [0.29, 0.717) is 11.9 Å². The minimum Gasteiger partial charge on any atom is -0.497 e. The highest BCUT2D eigenvalue weighted by Crippen LogP contribution is 2.21. The molecular weight excluding hydrogens is 260 g/mol. The molecule has 19 heavy (non-hydrogen) atoms. The van der Waals surface area contributed by atoms with Crippen LogP contribution in [0.2, 0.25) is 0 Å². The number of likely N-dealkylation sites (N-methyl/N-ethyl adjacent to an activating group) is 1. The minimum atomic E-state index is 0.319. The van der Waals surface area contributed by atoms with E-state index in [-0.39, 0.29) is 0 Å². The molecule has 0 heterocycles. The first-order valence-electron chi connectivity index (χ1n) is 6.41. The van der Waals surface area contributed by atoms with Gasteiger partial charge >= 0.3 is 0 Å². The average molecular weight is 283 g/mol. The molecule has 0 fully saturated rings. The van der Waals surface area contributed by atoms with Gasteiger partial charge in [0.2, 0.25) is 0 Å². The van der Waals surface area contributed by atoms with E-state index in [2.05, 4.69) is 36.4 Å². The summed E-state index contributed by atoms with van der Waals surface area (Å²) in [4.78, 5) is 2.20. The molecule has 1 unspecified atom stereocenters. The van der Waals surface area contributed by atoms with Gasteiger partial charge in [-0.15, -0.1) is 11.6 Å². The first kappa shape index (κ1) is 16.0. The Morgan fingerprint density at radius 2 is 2.16 bits per heavy atom. The van der Waals surface area contributed by atoms with Gasteiger partial charge in [-0.2, -0.15) is 0 Å². The Hall–Kier alpha value is -1.03. The zero-order valence-electron chi connectivity index (χ0n) is 11.9. The molecule has 0 amide bonds. The third-order valence-corrected chi connectivity index (χ3v) is 3.14. The van der Waals surface area contributed by atoms with Crippen LogP contribution in [0, 0.1) is 0 Å². The fourth-order valence-corrected chi connectivity index (χ4v) is 2.02. The van der Waals surface area contributed by atoms with Crippen molar-refractivity contribution < 1.29 is 4.74 Å². The predicted octanol–water partition coefficient (Wildman–Crippen LogP) is 2.68. The topological polar surface area (TPSA) is 24.5 Å². The molecule has 0 aliphatic heterocycles. The molecule has 0 aliphatic carbocycles. The van der Waals surface area contributed by atoms with E-state index in [1.54, 1.807) is 7.11 Å². The zero-order valence-corrected chi connectivity index (χ0v) is 12.7. The van der Waals surface area contributed by atoms with Crippen LogP contribution in [0.4, 0.5) is 0 Å². The van der Waals surface area contributed by atoms with Crippen LogP contribution in [-0.2, 0) is 0 Å². The molecule has 0 aromatic heterocycles. The molecule has 1 aromatic carbocycles. The van der Waals surface area contributed by atoms with E-state index >= 15 is 0 Å². The monoisotopic (exact) mass is 282 g/mol. The lowest BCUT2D eigenvalue weighted by atomic mass is 10.1. The number of nitrogens with zero attached hydrogens (tertiary/aromatic N) is 1. The van der Waals surface area contributed by atoms with Gasteiger partial charge in [0.05, 0.1) is 7.11 Å². The summed E-state index contributed by atoms with van der Waals surface area (Å²) in [5, 5.41) is 3.41. The van der Waals surface area contributed by atoms with E-state index in [1.807, 2.05) is 24.3 Å². The Kier molecular flexibility index (Phi) is 7.56. The smallest absolute Gasteiger partial charge is 0.119 e. The zero-order chi connectivity index (χ0) is 14.1. The number of halogens is 1. The van der Waals surface area contributed by atoms with Crippen LogP contribution < -0.4 is 10.1 Å². The molecule has 4 heteroatoms. The lowest BCUT2D eigenvalue weighted by Crippen LogP contribution is -2.31. The number of alkyl halides is 1. The normalized spacial score (nSPS) is 13.1. The molecule has 0 saturated carbocycles. The third kappa shape index (κ3) is 5.64. The van der Waals surface area contributed by atoms with Gasteiger partial charge in [-0.3, -0.25) is 0 Å². The van der Waals surface area contributed by atoms with Crippen molar-refractivity contribution >= 4 is 11.6 Å². The highest BCUT2D eigenvalue weighted by Gasteiger charge is 2.13. The molecule has 0 aliphatic rings. The van der Waals surface area contributed by atoms with Crippen molar-refractivity contribution in [2.75, 3.05) is 40.2 Å². The molecule has 0 spiro atoms. The second kappa shape index (κ2) is 8.97. The van der Waals surface area contributed by atoms with Crippen molar-refractivity contribution in [2.24, 2.45) is 0 Å². The van der Waals surface area contributed by atoms with E-state index in [4.69, 9.17) is 16.3 Å². The second-order valence-corrected chi connectivity index (χ2v) is 4.85. The van der Waals surface area contributed by atoms with E-state index < -0.39 is 0 Å². The van der Waals surface area contributed by atoms with Crippen molar-refractivity contribution in [3.63, 3.8) is 0 Å². The van der Waals surface area contributed by atoms with Crippen molar-refractivity contribution in [3.8, 4) is 5.75 Å². The summed E-state index contributed by atoms with van der Waals surface area (Å²) >= 11 is 5.59. The second-order valence-electron chi connectivity index (χ2n) is 4.54. The van der Waals surface area contributed by atoms with Gasteiger partial charge in [-0.05, 0) is 31.8 Å². The standard InChI is InChI=1S/C15H23ClN2O/c1-18(2)15(12-17-10-5-4-9-16)13-7-6-8-14(11-13)19-3/h4-8,11,15,17H,9-10,12H2,1-3H3/b5-4+. The van der Waals surface area contributed by atoms with E-state index in [0.717, 1.165) is 18.8 Å². The predicted molar refractivity (Wildman–Crippen MR) is 82.2 cm³/mol. The van der Waals surface area contributed by atoms with Crippen LogP contribution >= 0.6 is 11.6 Å². The highest BCUT2D eigenvalue weighted by molar-refractivity contribution is 6.18. The molecular formula is C15H23ClN2O. The van der Waals surface area contributed by atoms with Crippen molar-refractivity contribution in [1.29, 1.82) is 0 Å². The molecule has 1 rings (SSSR count). The maximum absolute atomic E-state index is 5.59. The summed E-state index contributed by atoms with van der Waals surface area (Å²) < 4.78 is 5.28. The van der Waals surface area contributed by atoms with Gasteiger partial charge in [0, 0.05) is 25.0 Å². The van der Waals surface area contributed by atoms with Gasteiger partial charge in [0.25, 0.3) is 0 Å². The van der Waals surface area contributed by atoms with Crippen LogP contribution in [0.15, 0.2) is 36.4 Å². The number of benzene rings is 1. The van der Waals surface area contributed by atoms with E-state index in [1.165, 1.54) is 5.56 Å². The lowest BCUT2D eigenvalue weighted by Gasteiger charge is -2.25. The largest absolute Gasteiger partial charge is 0.497 e. The number of hydrogen-bond donors (Lipinski definition) is 1. The Morgan fingerprint density at radius 3 is 2.79 bits per heavy atom. The van der Waals surface area contributed by atoms with Crippen LogP contribution in [-0.4, -0.2) is 45.1 Å². The Balaban J connectivity index is 2.63. The first-order valence-corrected chi connectivity index (χ1v) is 6.94. The van der Waals surface area contributed by atoms with Gasteiger partial charge in [0.1, 0.15) is 5.75 Å². The van der Waals surface area contributed by atoms with Crippen LogP contribution in [0.1, 0.15) is 11.6 Å². The van der Waals surface area contributed by atoms with Crippen molar-refractivity contribution in [3.05, 3.63) is 42.0 Å². The number of methoxy groups -OCH3 is 1. The first-order chi connectivity index (χ1) is 9.19. The summed E-state index contributed by atoms with van der Waals surface area (Å²) in [6, 6.07) is 8.52. The summed E-state index contributed by atoms with van der Waals surface area (Å²) in [6.07, 6.45) is 4.00. The van der Waals surface area contributed by atoms with Crippen LogP contribution in [0.5, 0.6) is 5.75 Å². The third-order valence-electron chi connectivity index (χ3n) is 2.96. The summed E-state index contributed by atoms with van der Waals surface area (Å²) in [7, 11) is 5.86. The highest BCUT2D eigenvalue weighted by atomic mass is 35.5. The van der Waals surface area contributed by atoms with Gasteiger partial charge in [0.15, 0.2) is 0 Å². The molecule has 0 bridgehead atoms. The van der Waals surface area contributed by atoms with Gasteiger partial charge < -0.3 is 15.0 Å². The van der Waals surface area contributed by atoms with E-state index in [9.17, 15) is 0 Å². The van der Waals surface area contributed by atoms with Gasteiger partial charge in [-0.1, -0.05) is 24.3 Å². The molecule has 1 atom stereocenters. The maximum atomic E-state index is 5.59. The number of nitrogens with one attached hydrogen (secondary N) is 1. The summed E-state index contributed by atoms with van der Waals surface area (Å²) in [6.45, 7) is 1.72. The molecule has 0 saturated heterocycles. The minimum absolute atomic E-state index is 0.319. The molecule has 1 aromatic rings. The van der Waals surface area contributed by atoms with Crippen LogP contribution in [0.25, 0.3) is 0 Å². The number of ether oxygens (including phenoxy) is 1.